The number of fused-ring (bicyclic) bond motifs is 3. The van der Waals surface area contributed by atoms with Gasteiger partial charge >= 0.3 is 0 Å². The van der Waals surface area contributed by atoms with Gasteiger partial charge in [-0.05, 0) is 38.3 Å². The van der Waals surface area contributed by atoms with E-state index < -0.39 is 6.23 Å². The molecule has 0 spiro atoms. The van der Waals surface area contributed by atoms with Crippen molar-refractivity contribution in [2.45, 2.75) is 32.2 Å². The lowest BCUT2D eigenvalue weighted by Gasteiger charge is -2.30. The van der Waals surface area contributed by atoms with Crippen LogP contribution in [0.4, 0.5) is 11.4 Å². The zero-order valence-corrected chi connectivity index (χ0v) is 18.9. The third-order valence-electron chi connectivity index (χ3n) is 5.34. The summed E-state index contributed by atoms with van der Waals surface area (Å²) in [5.74, 6) is 0.240. The van der Waals surface area contributed by atoms with Crippen molar-refractivity contribution in [3.8, 4) is 17.1 Å². The van der Waals surface area contributed by atoms with E-state index in [-0.39, 0.29) is 5.91 Å². The van der Waals surface area contributed by atoms with Gasteiger partial charge in [0.2, 0.25) is 23.2 Å². The van der Waals surface area contributed by atoms with Crippen molar-refractivity contribution in [2.75, 3.05) is 29.1 Å². The molecule has 1 aliphatic rings. The molecule has 0 bridgehead atoms. The first-order chi connectivity index (χ1) is 15.1. The second-order valence-corrected chi connectivity index (χ2v) is 7.87. The molecule has 2 aromatic carbocycles. The summed E-state index contributed by atoms with van der Waals surface area (Å²) in [5, 5.41) is 9.07. The Bertz CT molecular complexity index is 1090. The molecule has 2 heterocycles. The van der Waals surface area contributed by atoms with Crippen LogP contribution in [0.3, 0.4) is 0 Å². The third-order valence-corrected chi connectivity index (χ3v) is 5.88. The van der Waals surface area contributed by atoms with E-state index in [0.717, 1.165) is 35.6 Å². The average Bonchev–Trinajstić information content (AvgIpc) is 2.94. The van der Waals surface area contributed by atoms with Crippen LogP contribution in [0.2, 0.25) is 0 Å². The fourth-order valence-electron chi connectivity index (χ4n) is 3.79. The van der Waals surface area contributed by atoms with Gasteiger partial charge in [-0.1, -0.05) is 42.1 Å². The second-order valence-electron chi connectivity index (χ2n) is 7.09. The molecule has 1 aromatic heterocycles. The minimum absolute atomic E-state index is 0.129. The largest absolute Gasteiger partial charge is 0.447 e. The lowest BCUT2D eigenvalue weighted by Crippen LogP contribution is -2.36. The van der Waals surface area contributed by atoms with Crippen LogP contribution < -0.4 is 14.5 Å². The third kappa shape index (κ3) is 3.95. The lowest BCUT2D eigenvalue weighted by atomic mass is 10.1. The fourth-order valence-corrected chi connectivity index (χ4v) is 4.09. The van der Waals surface area contributed by atoms with Crippen LogP contribution in [-0.4, -0.2) is 40.4 Å². The van der Waals surface area contributed by atoms with E-state index in [4.69, 9.17) is 4.74 Å². The van der Waals surface area contributed by atoms with Gasteiger partial charge in [-0.3, -0.25) is 9.69 Å². The number of carbonyl (C=O) groups is 1. The summed E-state index contributed by atoms with van der Waals surface area (Å²) in [7, 11) is 0. The molecule has 1 amide bonds. The molecular formula is C23H25N5O2S. The molecular weight excluding hydrogens is 410 g/mol. The highest BCUT2D eigenvalue weighted by atomic mass is 32.2. The number of benzene rings is 2. The van der Waals surface area contributed by atoms with Gasteiger partial charge in [0.25, 0.3) is 0 Å². The standard InChI is InChI=1S/C23H25N5O2S/c1-5-27(6-2)17-13-11-16(12-14-17)22-28(15(3)29)19-10-8-7-9-18(19)20-21(30-22)24-23(31-4)26-25-20/h7-14,22H,5-6H2,1-4H3. The van der Waals surface area contributed by atoms with E-state index in [1.165, 1.54) is 11.8 Å². The maximum Gasteiger partial charge on any atom is 0.247 e. The number of anilines is 2. The molecule has 1 unspecified atom stereocenters. The summed E-state index contributed by atoms with van der Waals surface area (Å²) in [5.41, 5.74) is 4.01. The predicted octanol–water partition coefficient (Wildman–Crippen LogP) is 4.55. The van der Waals surface area contributed by atoms with E-state index in [1.54, 1.807) is 11.8 Å². The Morgan fingerprint density at radius 1 is 1.10 bits per heavy atom. The van der Waals surface area contributed by atoms with Crippen LogP contribution in [0, 0.1) is 0 Å². The van der Waals surface area contributed by atoms with Gasteiger partial charge in [0.1, 0.15) is 0 Å². The molecule has 0 radical (unpaired) electrons. The Kier molecular flexibility index (Phi) is 6.08. The maximum atomic E-state index is 12.8. The van der Waals surface area contributed by atoms with Crippen molar-refractivity contribution < 1.29 is 9.53 Å². The van der Waals surface area contributed by atoms with Gasteiger partial charge in [-0.2, -0.15) is 4.98 Å². The average molecular weight is 436 g/mol. The van der Waals surface area contributed by atoms with Crippen molar-refractivity contribution in [2.24, 2.45) is 0 Å². The van der Waals surface area contributed by atoms with E-state index in [1.807, 2.05) is 42.7 Å². The SMILES string of the molecule is CCN(CC)c1ccc(C2Oc3nc(SC)nnc3-c3ccccc3N2C(C)=O)cc1. The normalized spacial score (nSPS) is 14.8. The van der Waals surface area contributed by atoms with Crippen molar-refractivity contribution in [3.63, 3.8) is 0 Å². The molecule has 7 nitrogen and oxygen atoms in total. The van der Waals surface area contributed by atoms with Crippen LogP contribution in [0.25, 0.3) is 11.3 Å². The van der Waals surface area contributed by atoms with Gasteiger partial charge in [-0.25, -0.2) is 0 Å². The summed E-state index contributed by atoms with van der Waals surface area (Å²) in [6.07, 6.45) is 1.22. The van der Waals surface area contributed by atoms with Gasteiger partial charge in [0.15, 0.2) is 5.69 Å². The lowest BCUT2D eigenvalue weighted by molar-refractivity contribution is -0.118. The zero-order chi connectivity index (χ0) is 22.0. The number of thioether (sulfide) groups is 1. The number of ether oxygens (including phenoxy) is 1. The number of hydrogen-bond acceptors (Lipinski definition) is 7. The molecule has 0 N–H and O–H groups in total. The highest BCUT2D eigenvalue weighted by Crippen LogP contribution is 2.43. The molecule has 1 atom stereocenters. The number of nitrogens with zero attached hydrogens (tertiary/aromatic N) is 5. The Balaban J connectivity index is 1.86. The first-order valence-corrected chi connectivity index (χ1v) is 11.5. The van der Waals surface area contributed by atoms with Crippen LogP contribution in [0.1, 0.15) is 32.6 Å². The quantitative estimate of drug-likeness (QED) is 0.544. The smallest absolute Gasteiger partial charge is 0.247 e. The highest BCUT2D eigenvalue weighted by molar-refractivity contribution is 7.98. The minimum Gasteiger partial charge on any atom is -0.447 e. The van der Waals surface area contributed by atoms with Crippen LogP contribution in [-0.2, 0) is 4.79 Å². The monoisotopic (exact) mass is 435 g/mol. The van der Waals surface area contributed by atoms with Crippen molar-refractivity contribution in [1.82, 2.24) is 15.2 Å². The van der Waals surface area contributed by atoms with Gasteiger partial charge in [0, 0.05) is 36.8 Å². The molecule has 31 heavy (non-hydrogen) atoms. The fraction of sp³-hybridized carbons (Fsp3) is 0.304. The maximum absolute atomic E-state index is 12.8. The number of amides is 1. The van der Waals surface area contributed by atoms with Gasteiger partial charge in [0.05, 0.1) is 5.69 Å². The second kappa shape index (κ2) is 8.93. The summed E-state index contributed by atoms with van der Waals surface area (Å²) < 4.78 is 6.36. The molecule has 3 aromatic rings. The van der Waals surface area contributed by atoms with E-state index in [2.05, 4.69) is 46.1 Å². The Morgan fingerprint density at radius 3 is 2.45 bits per heavy atom. The van der Waals surface area contributed by atoms with E-state index in [9.17, 15) is 4.79 Å². The van der Waals surface area contributed by atoms with Crippen LogP contribution in [0.5, 0.6) is 5.88 Å². The molecule has 0 fully saturated rings. The zero-order valence-electron chi connectivity index (χ0n) is 18.1. The first-order valence-electron chi connectivity index (χ1n) is 10.3. The molecule has 0 saturated heterocycles. The summed E-state index contributed by atoms with van der Waals surface area (Å²) in [6.45, 7) is 7.66. The molecule has 160 valence electrons. The molecule has 8 heteroatoms. The summed E-state index contributed by atoms with van der Waals surface area (Å²) >= 11 is 1.39. The van der Waals surface area contributed by atoms with Gasteiger partial charge < -0.3 is 9.64 Å². The minimum atomic E-state index is -0.669. The van der Waals surface area contributed by atoms with Crippen molar-refractivity contribution >= 4 is 29.0 Å². The Labute approximate surface area is 186 Å². The van der Waals surface area contributed by atoms with Crippen LogP contribution in [0.15, 0.2) is 53.7 Å². The molecule has 0 saturated carbocycles. The number of hydrogen-bond donors (Lipinski definition) is 0. The van der Waals surface area contributed by atoms with Gasteiger partial charge in [-0.15, -0.1) is 10.2 Å². The number of para-hydroxylation sites is 1. The van der Waals surface area contributed by atoms with Crippen molar-refractivity contribution in [3.05, 3.63) is 54.1 Å². The van der Waals surface area contributed by atoms with E-state index >= 15 is 0 Å². The highest BCUT2D eigenvalue weighted by Gasteiger charge is 2.34. The molecule has 4 rings (SSSR count). The summed E-state index contributed by atoms with van der Waals surface area (Å²) in [4.78, 5) is 21.3. The number of carbonyl (C=O) groups excluding carboxylic acids is 1. The van der Waals surface area contributed by atoms with E-state index in [0.29, 0.717) is 16.7 Å². The first kappa shape index (κ1) is 21.1. The summed E-state index contributed by atoms with van der Waals surface area (Å²) in [6, 6.07) is 15.8. The topological polar surface area (TPSA) is 71.5 Å². The molecule has 1 aliphatic heterocycles. The predicted molar refractivity (Wildman–Crippen MR) is 124 cm³/mol. The number of aromatic nitrogens is 3. The Hall–Kier alpha value is -3.13. The van der Waals surface area contributed by atoms with Crippen LogP contribution >= 0.6 is 11.8 Å². The Morgan fingerprint density at radius 2 is 1.81 bits per heavy atom. The number of rotatable bonds is 5. The van der Waals surface area contributed by atoms with Crippen molar-refractivity contribution in [1.29, 1.82) is 0 Å². The molecule has 0 aliphatic carbocycles.